The summed E-state index contributed by atoms with van der Waals surface area (Å²) in [7, 11) is 0. The average molecular weight is 421 g/mol. The molecule has 31 heavy (non-hydrogen) atoms. The van der Waals surface area contributed by atoms with Crippen molar-refractivity contribution in [3.63, 3.8) is 0 Å². The lowest BCUT2D eigenvalue weighted by Crippen LogP contribution is -2.27. The molecule has 3 N–H and O–H groups in total. The van der Waals surface area contributed by atoms with Crippen molar-refractivity contribution in [1.82, 2.24) is 5.32 Å². The third-order valence-electron chi connectivity index (χ3n) is 4.24. The van der Waals surface area contributed by atoms with Crippen molar-refractivity contribution in [3.8, 4) is 5.75 Å². The summed E-state index contributed by atoms with van der Waals surface area (Å²) in [5.41, 5.74) is 1.67. The standard InChI is InChI=1S/C23H23N3O5/c1-2-30-19-11-9-18(10-12-19)26-22(28)16-5-7-17(8-6-16)25-21(27)13-14-24-23(29)20-4-3-15-31-20/h3-12,15H,2,13-14H2,1H3,(H,24,29)(H,25,27)(H,26,28). The fraction of sp³-hybridized carbons (Fsp3) is 0.174. The fourth-order valence-electron chi connectivity index (χ4n) is 2.72. The van der Waals surface area contributed by atoms with E-state index in [4.69, 9.17) is 9.15 Å². The number of anilines is 2. The number of hydrogen-bond acceptors (Lipinski definition) is 5. The number of hydrogen-bond donors (Lipinski definition) is 3. The highest BCUT2D eigenvalue weighted by atomic mass is 16.5. The van der Waals surface area contributed by atoms with E-state index in [9.17, 15) is 14.4 Å². The first-order chi connectivity index (χ1) is 15.0. The van der Waals surface area contributed by atoms with Crippen LogP contribution in [0.15, 0.2) is 71.3 Å². The Balaban J connectivity index is 1.45. The number of benzene rings is 2. The van der Waals surface area contributed by atoms with Crippen molar-refractivity contribution in [3.05, 3.63) is 78.3 Å². The zero-order valence-corrected chi connectivity index (χ0v) is 17.0. The van der Waals surface area contributed by atoms with Gasteiger partial charge in [-0.2, -0.15) is 0 Å². The van der Waals surface area contributed by atoms with Gasteiger partial charge in [-0.05, 0) is 67.6 Å². The number of ether oxygens (including phenoxy) is 1. The van der Waals surface area contributed by atoms with Gasteiger partial charge in [-0.3, -0.25) is 14.4 Å². The highest BCUT2D eigenvalue weighted by Gasteiger charge is 2.10. The van der Waals surface area contributed by atoms with E-state index in [0.29, 0.717) is 23.5 Å². The number of carbonyl (C=O) groups excluding carboxylic acids is 3. The van der Waals surface area contributed by atoms with Crippen molar-refractivity contribution in [2.45, 2.75) is 13.3 Å². The molecule has 1 aromatic heterocycles. The SMILES string of the molecule is CCOc1ccc(NC(=O)c2ccc(NC(=O)CCNC(=O)c3ccco3)cc2)cc1. The molecule has 0 atom stereocenters. The van der Waals surface area contributed by atoms with Crippen LogP contribution in [-0.2, 0) is 4.79 Å². The molecule has 0 spiro atoms. The summed E-state index contributed by atoms with van der Waals surface area (Å²) in [5.74, 6) is 0.0374. The number of furan rings is 1. The molecule has 0 fully saturated rings. The Morgan fingerprint density at radius 1 is 0.871 bits per heavy atom. The van der Waals surface area contributed by atoms with Crippen LogP contribution in [0.3, 0.4) is 0 Å². The van der Waals surface area contributed by atoms with Gasteiger partial charge >= 0.3 is 0 Å². The van der Waals surface area contributed by atoms with Crippen LogP contribution in [0.1, 0.15) is 34.3 Å². The van der Waals surface area contributed by atoms with Crippen LogP contribution in [-0.4, -0.2) is 30.9 Å². The molecule has 0 aliphatic carbocycles. The van der Waals surface area contributed by atoms with E-state index >= 15 is 0 Å². The predicted molar refractivity (Wildman–Crippen MR) is 116 cm³/mol. The molecule has 1 heterocycles. The Bertz CT molecular complexity index is 1010. The first-order valence-electron chi connectivity index (χ1n) is 9.81. The molecule has 0 unspecified atom stereocenters. The van der Waals surface area contributed by atoms with Crippen molar-refractivity contribution >= 4 is 29.1 Å². The summed E-state index contributed by atoms with van der Waals surface area (Å²) < 4.78 is 10.4. The Labute approximate surface area is 179 Å². The molecule has 2 aromatic carbocycles. The molecular weight excluding hydrogens is 398 g/mol. The lowest BCUT2D eigenvalue weighted by atomic mass is 10.2. The lowest BCUT2D eigenvalue weighted by molar-refractivity contribution is -0.116. The van der Waals surface area contributed by atoms with Gasteiger partial charge in [0.2, 0.25) is 5.91 Å². The maximum absolute atomic E-state index is 12.4. The summed E-state index contributed by atoms with van der Waals surface area (Å²) in [5, 5.41) is 8.14. The molecule has 0 radical (unpaired) electrons. The maximum Gasteiger partial charge on any atom is 0.286 e. The van der Waals surface area contributed by atoms with Crippen LogP contribution >= 0.6 is 0 Å². The minimum atomic E-state index is -0.374. The molecule has 3 aromatic rings. The molecule has 3 rings (SSSR count). The van der Waals surface area contributed by atoms with Gasteiger partial charge in [-0.1, -0.05) is 0 Å². The van der Waals surface area contributed by atoms with Crippen molar-refractivity contribution < 1.29 is 23.5 Å². The number of amides is 3. The zero-order valence-electron chi connectivity index (χ0n) is 17.0. The van der Waals surface area contributed by atoms with Gasteiger partial charge in [0, 0.05) is 29.9 Å². The normalized spacial score (nSPS) is 10.2. The van der Waals surface area contributed by atoms with Gasteiger partial charge in [0.15, 0.2) is 5.76 Å². The van der Waals surface area contributed by atoms with E-state index in [-0.39, 0.29) is 36.4 Å². The molecule has 0 bridgehead atoms. The monoisotopic (exact) mass is 421 g/mol. The summed E-state index contributed by atoms with van der Waals surface area (Å²) in [6.07, 6.45) is 1.51. The molecule has 0 saturated heterocycles. The maximum atomic E-state index is 12.4. The van der Waals surface area contributed by atoms with E-state index in [1.165, 1.54) is 6.26 Å². The second-order valence-corrected chi connectivity index (χ2v) is 6.52. The molecular formula is C23H23N3O5. The summed E-state index contributed by atoms with van der Waals surface area (Å²) in [4.78, 5) is 36.2. The van der Waals surface area contributed by atoms with Crippen LogP contribution in [0.2, 0.25) is 0 Å². The minimum Gasteiger partial charge on any atom is -0.494 e. The van der Waals surface area contributed by atoms with E-state index in [1.807, 2.05) is 6.92 Å². The number of carbonyl (C=O) groups is 3. The third-order valence-corrected chi connectivity index (χ3v) is 4.24. The summed E-state index contributed by atoms with van der Waals surface area (Å²) >= 11 is 0. The first kappa shape index (κ1) is 21.6. The molecule has 0 aliphatic heterocycles. The third kappa shape index (κ3) is 6.46. The van der Waals surface area contributed by atoms with Crippen molar-refractivity contribution in [2.75, 3.05) is 23.8 Å². The van der Waals surface area contributed by atoms with Gasteiger partial charge in [-0.15, -0.1) is 0 Å². The van der Waals surface area contributed by atoms with Gasteiger partial charge in [0.25, 0.3) is 11.8 Å². The first-order valence-corrected chi connectivity index (χ1v) is 9.81. The Morgan fingerprint density at radius 2 is 1.55 bits per heavy atom. The van der Waals surface area contributed by atoms with E-state index < -0.39 is 0 Å². The van der Waals surface area contributed by atoms with Crippen LogP contribution in [0, 0.1) is 0 Å². The second kappa shape index (κ2) is 10.6. The summed E-state index contributed by atoms with van der Waals surface area (Å²) in [6, 6.07) is 16.8. The topological polar surface area (TPSA) is 110 Å². The predicted octanol–water partition coefficient (Wildman–Crippen LogP) is 3.69. The molecule has 0 saturated carbocycles. The zero-order chi connectivity index (χ0) is 22.1. The van der Waals surface area contributed by atoms with Gasteiger partial charge in [0.1, 0.15) is 5.75 Å². The van der Waals surface area contributed by atoms with Gasteiger partial charge in [-0.25, -0.2) is 0 Å². The van der Waals surface area contributed by atoms with Crippen LogP contribution in [0.4, 0.5) is 11.4 Å². The van der Waals surface area contributed by atoms with E-state index in [0.717, 1.165) is 5.75 Å². The fourth-order valence-corrected chi connectivity index (χ4v) is 2.72. The average Bonchev–Trinajstić information content (AvgIpc) is 3.31. The smallest absolute Gasteiger partial charge is 0.286 e. The number of rotatable bonds is 9. The molecule has 8 heteroatoms. The van der Waals surface area contributed by atoms with Gasteiger partial charge in [0.05, 0.1) is 12.9 Å². The molecule has 8 nitrogen and oxygen atoms in total. The van der Waals surface area contributed by atoms with Crippen LogP contribution in [0.5, 0.6) is 5.75 Å². The highest BCUT2D eigenvalue weighted by Crippen LogP contribution is 2.17. The molecule has 0 aliphatic rings. The van der Waals surface area contributed by atoms with Gasteiger partial charge < -0.3 is 25.1 Å². The van der Waals surface area contributed by atoms with Crippen LogP contribution < -0.4 is 20.7 Å². The quantitative estimate of drug-likeness (QED) is 0.488. The van der Waals surface area contributed by atoms with Crippen LogP contribution in [0.25, 0.3) is 0 Å². The second-order valence-electron chi connectivity index (χ2n) is 6.52. The van der Waals surface area contributed by atoms with E-state index in [2.05, 4.69) is 16.0 Å². The minimum absolute atomic E-state index is 0.104. The molecule has 3 amide bonds. The summed E-state index contributed by atoms with van der Waals surface area (Å²) in [6.45, 7) is 2.66. The van der Waals surface area contributed by atoms with Crippen molar-refractivity contribution in [1.29, 1.82) is 0 Å². The Hall–Kier alpha value is -4.07. The Morgan fingerprint density at radius 3 is 2.19 bits per heavy atom. The largest absolute Gasteiger partial charge is 0.494 e. The number of nitrogens with one attached hydrogen (secondary N) is 3. The Kier molecular flexibility index (Phi) is 7.42. The highest BCUT2D eigenvalue weighted by molar-refractivity contribution is 6.04. The molecule has 160 valence electrons. The van der Waals surface area contributed by atoms with E-state index in [1.54, 1.807) is 60.7 Å². The lowest BCUT2D eigenvalue weighted by Gasteiger charge is -2.09. The van der Waals surface area contributed by atoms with Crippen molar-refractivity contribution in [2.24, 2.45) is 0 Å².